The summed E-state index contributed by atoms with van der Waals surface area (Å²) < 4.78 is 0. The van der Waals surface area contributed by atoms with Crippen LogP contribution < -0.4 is 5.32 Å². The van der Waals surface area contributed by atoms with Crippen molar-refractivity contribution in [3.8, 4) is 0 Å². The molecule has 0 radical (unpaired) electrons. The van der Waals surface area contributed by atoms with Gasteiger partial charge in [0.25, 0.3) is 5.91 Å². The fraction of sp³-hybridized carbons (Fsp3) is 0.133. The lowest BCUT2D eigenvalue weighted by Crippen LogP contribution is -2.15. The molecular weight excluding hydrogens is 256 g/mol. The molecule has 0 bridgehead atoms. The average molecular weight is 270 g/mol. The highest BCUT2D eigenvalue weighted by atomic mass is 16.4. The van der Waals surface area contributed by atoms with Crippen molar-refractivity contribution in [1.82, 2.24) is 4.98 Å². The Morgan fingerprint density at radius 2 is 1.95 bits per heavy atom. The number of nitrogens with zero attached hydrogens (tertiary/aromatic N) is 1. The Hall–Kier alpha value is -2.69. The molecule has 0 saturated heterocycles. The van der Waals surface area contributed by atoms with E-state index in [0.29, 0.717) is 11.4 Å². The number of hydrogen-bond donors (Lipinski definition) is 2. The summed E-state index contributed by atoms with van der Waals surface area (Å²) in [4.78, 5) is 26.8. The number of benzene rings is 1. The third-order valence-corrected chi connectivity index (χ3v) is 2.89. The van der Waals surface area contributed by atoms with Crippen molar-refractivity contribution in [3.63, 3.8) is 0 Å². The molecule has 1 aromatic heterocycles. The summed E-state index contributed by atoms with van der Waals surface area (Å²) in [5.74, 6) is -0.976. The molecule has 1 aromatic carbocycles. The van der Waals surface area contributed by atoms with E-state index in [2.05, 4.69) is 10.3 Å². The van der Waals surface area contributed by atoms with Crippen LogP contribution in [0.25, 0.3) is 0 Å². The Balaban J connectivity index is 2.17. The van der Waals surface area contributed by atoms with Crippen molar-refractivity contribution in [2.45, 2.75) is 13.3 Å². The monoisotopic (exact) mass is 270 g/mol. The second-order valence-corrected chi connectivity index (χ2v) is 4.20. The van der Waals surface area contributed by atoms with Crippen molar-refractivity contribution < 1.29 is 14.7 Å². The summed E-state index contributed by atoms with van der Waals surface area (Å²) in [6.45, 7) is 1.98. The minimum Gasteiger partial charge on any atom is -0.478 e. The van der Waals surface area contributed by atoms with Crippen molar-refractivity contribution >= 4 is 17.7 Å². The van der Waals surface area contributed by atoms with Gasteiger partial charge in [0.2, 0.25) is 0 Å². The summed E-state index contributed by atoms with van der Waals surface area (Å²) in [6, 6.07) is 10.2. The number of aromatic carboxylic acids is 1. The van der Waals surface area contributed by atoms with Gasteiger partial charge in [0.1, 0.15) is 5.82 Å². The Morgan fingerprint density at radius 3 is 2.55 bits per heavy atom. The zero-order valence-electron chi connectivity index (χ0n) is 11.0. The van der Waals surface area contributed by atoms with Gasteiger partial charge in [-0.2, -0.15) is 0 Å². The number of amides is 1. The third-order valence-electron chi connectivity index (χ3n) is 2.89. The minimum absolute atomic E-state index is 0.0805. The normalized spacial score (nSPS) is 10.1. The van der Waals surface area contributed by atoms with Crippen LogP contribution in [0.2, 0.25) is 0 Å². The van der Waals surface area contributed by atoms with Crippen molar-refractivity contribution in [1.29, 1.82) is 0 Å². The molecule has 0 aliphatic carbocycles. The van der Waals surface area contributed by atoms with Crippen molar-refractivity contribution in [2.75, 3.05) is 5.32 Å². The van der Waals surface area contributed by atoms with E-state index in [1.165, 1.54) is 18.3 Å². The van der Waals surface area contributed by atoms with Crippen LogP contribution in [0.5, 0.6) is 0 Å². The van der Waals surface area contributed by atoms with Crippen LogP contribution in [0.1, 0.15) is 33.2 Å². The van der Waals surface area contributed by atoms with E-state index in [9.17, 15) is 9.59 Å². The first-order valence-electron chi connectivity index (χ1n) is 6.20. The number of carboxylic acid groups (broad SMARTS) is 1. The fourth-order valence-corrected chi connectivity index (χ4v) is 1.83. The maximum absolute atomic E-state index is 12.1. The van der Waals surface area contributed by atoms with Gasteiger partial charge in [-0.1, -0.05) is 25.1 Å². The van der Waals surface area contributed by atoms with E-state index in [-0.39, 0.29) is 11.5 Å². The molecule has 0 atom stereocenters. The first-order valence-corrected chi connectivity index (χ1v) is 6.20. The zero-order chi connectivity index (χ0) is 14.5. The predicted octanol–water partition coefficient (Wildman–Crippen LogP) is 2.59. The van der Waals surface area contributed by atoms with Crippen molar-refractivity contribution in [2.24, 2.45) is 0 Å². The number of carbonyl (C=O) groups excluding carboxylic acids is 1. The summed E-state index contributed by atoms with van der Waals surface area (Å²) >= 11 is 0. The van der Waals surface area contributed by atoms with Gasteiger partial charge in [0, 0.05) is 11.8 Å². The van der Waals surface area contributed by atoms with Gasteiger partial charge >= 0.3 is 5.97 Å². The molecule has 1 heterocycles. The van der Waals surface area contributed by atoms with Crippen LogP contribution in [0.4, 0.5) is 5.82 Å². The van der Waals surface area contributed by atoms with Gasteiger partial charge in [-0.25, -0.2) is 9.78 Å². The highest BCUT2D eigenvalue weighted by Gasteiger charge is 2.11. The van der Waals surface area contributed by atoms with Crippen LogP contribution >= 0.6 is 0 Å². The fourth-order valence-electron chi connectivity index (χ4n) is 1.83. The van der Waals surface area contributed by atoms with Gasteiger partial charge < -0.3 is 10.4 Å². The zero-order valence-corrected chi connectivity index (χ0v) is 11.0. The molecule has 2 rings (SSSR count). The number of carboxylic acids is 1. The average Bonchev–Trinajstić information content (AvgIpc) is 2.47. The lowest BCUT2D eigenvalue weighted by molar-refractivity contribution is 0.0696. The van der Waals surface area contributed by atoms with E-state index < -0.39 is 5.97 Å². The first-order chi connectivity index (χ1) is 9.61. The van der Waals surface area contributed by atoms with Gasteiger partial charge in [0.05, 0.1) is 5.56 Å². The van der Waals surface area contributed by atoms with Gasteiger partial charge in [0.15, 0.2) is 0 Å². The number of aromatic nitrogens is 1. The number of nitrogens with one attached hydrogen (secondary N) is 1. The number of anilines is 1. The number of rotatable bonds is 4. The number of hydrogen-bond acceptors (Lipinski definition) is 3. The van der Waals surface area contributed by atoms with Crippen LogP contribution in [0.15, 0.2) is 42.6 Å². The Labute approximate surface area is 116 Å². The van der Waals surface area contributed by atoms with Crippen LogP contribution in [0, 0.1) is 0 Å². The summed E-state index contributed by atoms with van der Waals surface area (Å²) in [7, 11) is 0. The molecule has 0 aliphatic rings. The molecule has 5 heteroatoms. The van der Waals surface area contributed by atoms with Crippen molar-refractivity contribution in [3.05, 3.63) is 59.3 Å². The topological polar surface area (TPSA) is 79.3 Å². The predicted molar refractivity (Wildman–Crippen MR) is 75.0 cm³/mol. The first kappa shape index (κ1) is 13.7. The Bertz CT molecular complexity index is 636. The second kappa shape index (κ2) is 5.97. The molecule has 102 valence electrons. The highest BCUT2D eigenvalue weighted by Crippen LogP contribution is 2.12. The largest absolute Gasteiger partial charge is 0.478 e. The molecular formula is C15H14N2O3. The van der Waals surface area contributed by atoms with Crippen LogP contribution in [-0.4, -0.2) is 22.0 Å². The van der Waals surface area contributed by atoms with Gasteiger partial charge in [-0.3, -0.25) is 4.79 Å². The quantitative estimate of drug-likeness (QED) is 0.895. The van der Waals surface area contributed by atoms with E-state index in [0.717, 1.165) is 12.0 Å². The number of pyridine rings is 1. The van der Waals surface area contributed by atoms with Crippen LogP contribution in [0.3, 0.4) is 0 Å². The molecule has 0 unspecified atom stereocenters. The SMILES string of the molecule is CCc1ccccc1C(=O)Nc1ccc(C(=O)O)cn1. The molecule has 0 saturated carbocycles. The van der Waals surface area contributed by atoms with E-state index >= 15 is 0 Å². The number of carbonyl (C=O) groups is 2. The van der Waals surface area contributed by atoms with E-state index in [4.69, 9.17) is 5.11 Å². The summed E-state index contributed by atoms with van der Waals surface area (Å²) in [5, 5.41) is 11.4. The molecule has 5 nitrogen and oxygen atoms in total. The molecule has 2 N–H and O–H groups in total. The third kappa shape index (κ3) is 3.00. The molecule has 1 amide bonds. The standard InChI is InChI=1S/C15H14N2O3/c1-2-10-5-3-4-6-12(10)14(18)17-13-8-7-11(9-16-13)15(19)20/h3-9H,2H2,1H3,(H,19,20)(H,16,17,18). The molecule has 20 heavy (non-hydrogen) atoms. The Kier molecular flexibility index (Phi) is 4.10. The van der Waals surface area contributed by atoms with Gasteiger partial charge in [-0.15, -0.1) is 0 Å². The highest BCUT2D eigenvalue weighted by molar-refractivity contribution is 6.04. The van der Waals surface area contributed by atoms with Gasteiger partial charge in [-0.05, 0) is 30.2 Å². The second-order valence-electron chi connectivity index (χ2n) is 4.20. The lowest BCUT2D eigenvalue weighted by atomic mass is 10.0. The van der Waals surface area contributed by atoms with Crippen LogP contribution in [-0.2, 0) is 6.42 Å². The van der Waals surface area contributed by atoms with E-state index in [1.54, 1.807) is 12.1 Å². The Morgan fingerprint density at radius 1 is 1.20 bits per heavy atom. The molecule has 2 aromatic rings. The molecule has 0 fully saturated rings. The molecule has 0 aliphatic heterocycles. The number of aryl methyl sites for hydroxylation is 1. The summed E-state index contributed by atoms with van der Waals surface area (Å²) in [6.07, 6.45) is 1.97. The minimum atomic E-state index is -1.05. The smallest absolute Gasteiger partial charge is 0.337 e. The lowest BCUT2D eigenvalue weighted by Gasteiger charge is -2.08. The van der Waals surface area contributed by atoms with E-state index in [1.807, 2.05) is 19.1 Å². The molecule has 0 spiro atoms. The maximum Gasteiger partial charge on any atom is 0.337 e. The summed E-state index contributed by atoms with van der Waals surface area (Å²) in [5.41, 5.74) is 1.63. The maximum atomic E-state index is 12.1.